The molecule has 2 saturated heterocycles. The second-order valence-electron chi connectivity index (χ2n) is 8.25. The molecule has 2 aliphatic rings. The smallest absolute Gasteiger partial charge is 0.185 e. The number of para-hydroxylation sites is 2. The van der Waals surface area contributed by atoms with Gasteiger partial charge in [-0.15, -0.1) is 11.3 Å². The van der Waals surface area contributed by atoms with Gasteiger partial charge in [-0.25, -0.2) is 9.97 Å². The van der Waals surface area contributed by atoms with E-state index in [0.29, 0.717) is 5.92 Å². The average molecular weight is 412 g/mol. The number of piperidine rings is 1. The van der Waals surface area contributed by atoms with Gasteiger partial charge in [0.25, 0.3) is 0 Å². The standard InChI is InChI=1S/C22H29N5OS/c1-16-20(29-22(23-16)27-9-11-28-12-10-27)15-26-8-4-5-17(14-26)13-21-24-18-6-2-3-7-19(18)25-21/h2-3,6-7,17H,4-5,8-15H2,1H3,(H,24,25)/t17-/m0/s1. The first-order valence-corrected chi connectivity index (χ1v) is 11.5. The second-order valence-corrected chi connectivity index (χ2v) is 9.31. The summed E-state index contributed by atoms with van der Waals surface area (Å²) in [6, 6.07) is 8.31. The molecule has 1 N–H and O–H groups in total. The molecule has 29 heavy (non-hydrogen) atoms. The minimum atomic E-state index is 0.663. The summed E-state index contributed by atoms with van der Waals surface area (Å²) in [6.07, 6.45) is 3.58. The van der Waals surface area contributed by atoms with E-state index in [1.54, 1.807) is 0 Å². The number of likely N-dealkylation sites (tertiary alicyclic amines) is 1. The number of aromatic nitrogens is 3. The lowest BCUT2D eigenvalue weighted by Crippen LogP contribution is -2.36. The first-order valence-electron chi connectivity index (χ1n) is 10.7. The number of fused-ring (bicyclic) bond motifs is 1. The van der Waals surface area contributed by atoms with Gasteiger partial charge in [0.05, 0.1) is 29.9 Å². The SMILES string of the molecule is Cc1nc(N2CCOCC2)sc1CN1CCC[C@@H](Cc2nc3ccccc3[nH]2)C1. The third-order valence-electron chi connectivity index (χ3n) is 6.05. The number of benzene rings is 1. The van der Waals surface area contributed by atoms with Crippen LogP contribution in [0.25, 0.3) is 11.0 Å². The van der Waals surface area contributed by atoms with Crippen molar-refractivity contribution in [2.45, 2.75) is 32.7 Å². The van der Waals surface area contributed by atoms with Crippen molar-refractivity contribution in [3.05, 3.63) is 40.7 Å². The van der Waals surface area contributed by atoms with Gasteiger partial charge in [0.15, 0.2) is 5.13 Å². The Morgan fingerprint density at radius 3 is 2.90 bits per heavy atom. The fourth-order valence-electron chi connectivity index (χ4n) is 4.49. The summed E-state index contributed by atoms with van der Waals surface area (Å²) >= 11 is 1.87. The van der Waals surface area contributed by atoms with Crippen LogP contribution in [-0.4, -0.2) is 59.2 Å². The molecule has 1 atom stereocenters. The normalized spacial score (nSPS) is 21.1. The Morgan fingerprint density at radius 2 is 2.03 bits per heavy atom. The van der Waals surface area contributed by atoms with Crippen LogP contribution in [0.2, 0.25) is 0 Å². The molecular weight excluding hydrogens is 382 g/mol. The van der Waals surface area contributed by atoms with Crippen LogP contribution in [-0.2, 0) is 17.7 Å². The molecule has 0 amide bonds. The predicted molar refractivity (Wildman–Crippen MR) is 118 cm³/mol. The molecule has 0 bridgehead atoms. The predicted octanol–water partition coefficient (Wildman–Crippen LogP) is 3.62. The summed E-state index contributed by atoms with van der Waals surface area (Å²) in [5.74, 6) is 1.79. The Kier molecular flexibility index (Phi) is 5.52. The number of anilines is 1. The lowest BCUT2D eigenvalue weighted by molar-refractivity contribution is 0.122. The van der Waals surface area contributed by atoms with Crippen LogP contribution >= 0.6 is 11.3 Å². The highest BCUT2D eigenvalue weighted by Crippen LogP contribution is 2.29. The number of hydrogen-bond donors (Lipinski definition) is 1. The van der Waals surface area contributed by atoms with E-state index in [4.69, 9.17) is 14.7 Å². The molecule has 7 heteroatoms. The largest absolute Gasteiger partial charge is 0.378 e. The first kappa shape index (κ1) is 19.0. The minimum absolute atomic E-state index is 0.663. The molecular formula is C22H29N5OS. The molecule has 2 aliphatic heterocycles. The molecule has 2 fully saturated rings. The van der Waals surface area contributed by atoms with Crippen molar-refractivity contribution in [3.63, 3.8) is 0 Å². The number of morpholine rings is 1. The molecule has 0 radical (unpaired) electrons. The third-order valence-corrected chi connectivity index (χ3v) is 7.26. The summed E-state index contributed by atoms with van der Waals surface area (Å²) in [5, 5.41) is 1.16. The molecule has 0 unspecified atom stereocenters. The zero-order valence-corrected chi connectivity index (χ0v) is 17.9. The molecule has 2 aromatic heterocycles. The number of rotatable bonds is 5. The van der Waals surface area contributed by atoms with Crippen molar-refractivity contribution in [3.8, 4) is 0 Å². The molecule has 5 rings (SSSR count). The Bertz CT molecular complexity index is 928. The molecule has 0 saturated carbocycles. The zero-order chi connectivity index (χ0) is 19.6. The van der Waals surface area contributed by atoms with Crippen molar-refractivity contribution in [2.75, 3.05) is 44.3 Å². The number of ether oxygens (including phenoxy) is 1. The van der Waals surface area contributed by atoms with E-state index < -0.39 is 0 Å². The van der Waals surface area contributed by atoms with Gasteiger partial charge in [-0.1, -0.05) is 12.1 Å². The van der Waals surface area contributed by atoms with E-state index in [2.05, 4.69) is 46.0 Å². The highest BCUT2D eigenvalue weighted by atomic mass is 32.1. The number of nitrogens with zero attached hydrogens (tertiary/aromatic N) is 4. The van der Waals surface area contributed by atoms with Gasteiger partial charge in [0.1, 0.15) is 5.82 Å². The van der Waals surface area contributed by atoms with Gasteiger partial charge in [-0.3, -0.25) is 4.90 Å². The fourth-order valence-corrected chi connectivity index (χ4v) is 5.64. The van der Waals surface area contributed by atoms with Crippen molar-refractivity contribution < 1.29 is 4.74 Å². The summed E-state index contributed by atoms with van der Waals surface area (Å²) in [4.78, 5) is 19.5. The first-order chi connectivity index (χ1) is 14.2. The van der Waals surface area contributed by atoms with Crippen molar-refractivity contribution in [2.24, 2.45) is 5.92 Å². The summed E-state index contributed by atoms with van der Waals surface area (Å²) in [5.41, 5.74) is 3.41. The molecule has 3 aromatic rings. The maximum Gasteiger partial charge on any atom is 0.185 e. The Labute approximate surface area is 175 Å². The Morgan fingerprint density at radius 1 is 1.17 bits per heavy atom. The van der Waals surface area contributed by atoms with Gasteiger partial charge in [0, 0.05) is 37.5 Å². The average Bonchev–Trinajstić information content (AvgIpc) is 3.32. The van der Waals surface area contributed by atoms with Crippen LogP contribution in [0.3, 0.4) is 0 Å². The van der Waals surface area contributed by atoms with Crippen LogP contribution < -0.4 is 4.90 Å². The molecule has 1 aromatic carbocycles. The Balaban J connectivity index is 1.22. The Hall–Kier alpha value is -1.96. The van der Waals surface area contributed by atoms with E-state index in [-0.39, 0.29) is 0 Å². The second kappa shape index (κ2) is 8.42. The number of nitrogens with one attached hydrogen (secondary N) is 1. The number of imidazole rings is 1. The number of hydrogen-bond acceptors (Lipinski definition) is 6. The quantitative estimate of drug-likeness (QED) is 0.695. The maximum absolute atomic E-state index is 5.48. The van der Waals surface area contributed by atoms with Crippen molar-refractivity contribution >= 4 is 27.5 Å². The van der Waals surface area contributed by atoms with E-state index in [0.717, 1.165) is 67.8 Å². The van der Waals surface area contributed by atoms with Gasteiger partial charge in [-0.2, -0.15) is 0 Å². The van der Waals surface area contributed by atoms with Crippen LogP contribution in [0.1, 0.15) is 29.2 Å². The van der Waals surface area contributed by atoms with E-state index in [9.17, 15) is 0 Å². The minimum Gasteiger partial charge on any atom is -0.378 e. The molecule has 0 spiro atoms. The highest BCUT2D eigenvalue weighted by Gasteiger charge is 2.24. The number of aryl methyl sites for hydroxylation is 1. The zero-order valence-electron chi connectivity index (χ0n) is 17.1. The molecule has 4 heterocycles. The fraction of sp³-hybridized carbons (Fsp3) is 0.545. The van der Waals surface area contributed by atoms with E-state index >= 15 is 0 Å². The van der Waals surface area contributed by atoms with Gasteiger partial charge in [0.2, 0.25) is 0 Å². The summed E-state index contributed by atoms with van der Waals surface area (Å²) in [7, 11) is 0. The van der Waals surface area contributed by atoms with Gasteiger partial charge >= 0.3 is 0 Å². The van der Waals surface area contributed by atoms with E-state index in [1.807, 2.05) is 11.3 Å². The summed E-state index contributed by atoms with van der Waals surface area (Å²) < 4.78 is 5.48. The van der Waals surface area contributed by atoms with Gasteiger partial charge < -0.3 is 14.6 Å². The highest BCUT2D eigenvalue weighted by molar-refractivity contribution is 7.15. The van der Waals surface area contributed by atoms with Crippen LogP contribution in [0.4, 0.5) is 5.13 Å². The van der Waals surface area contributed by atoms with Crippen LogP contribution in [0.15, 0.2) is 24.3 Å². The lowest BCUT2D eigenvalue weighted by atomic mass is 9.94. The van der Waals surface area contributed by atoms with Gasteiger partial charge in [-0.05, 0) is 44.4 Å². The van der Waals surface area contributed by atoms with Crippen molar-refractivity contribution in [1.82, 2.24) is 19.9 Å². The molecule has 154 valence electrons. The van der Waals surface area contributed by atoms with Crippen molar-refractivity contribution in [1.29, 1.82) is 0 Å². The molecule has 0 aliphatic carbocycles. The van der Waals surface area contributed by atoms with Crippen LogP contribution in [0.5, 0.6) is 0 Å². The number of H-pyrrole nitrogens is 1. The van der Waals surface area contributed by atoms with Crippen LogP contribution in [0, 0.1) is 12.8 Å². The number of aromatic amines is 1. The summed E-state index contributed by atoms with van der Waals surface area (Å²) in [6.45, 7) is 9.02. The maximum atomic E-state index is 5.48. The topological polar surface area (TPSA) is 57.3 Å². The monoisotopic (exact) mass is 411 g/mol. The van der Waals surface area contributed by atoms with E-state index in [1.165, 1.54) is 30.0 Å². The third kappa shape index (κ3) is 4.32. The lowest BCUT2D eigenvalue weighted by Gasteiger charge is -2.32. The number of thiazole rings is 1. The molecule has 6 nitrogen and oxygen atoms in total.